The second-order valence-corrected chi connectivity index (χ2v) is 6.44. The number of rotatable bonds is 7. The van der Waals surface area contributed by atoms with Gasteiger partial charge in [0.15, 0.2) is 5.69 Å². The molecule has 0 unspecified atom stereocenters. The summed E-state index contributed by atoms with van der Waals surface area (Å²) in [4.78, 5) is 31.2. The van der Waals surface area contributed by atoms with Gasteiger partial charge in [-0.1, -0.05) is 12.1 Å². The van der Waals surface area contributed by atoms with Crippen molar-refractivity contribution in [2.75, 3.05) is 10.6 Å². The Morgan fingerprint density at radius 3 is 2.50 bits per heavy atom. The van der Waals surface area contributed by atoms with Gasteiger partial charge < -0.3 is 22.1 Å². The van der Waals surface area contributed by atoms with Crippen LogP contribution in [0.1, 0.15) is 16.9 Å². The summed E-state index contributed by atoms with van der Waals surface area (Å²) in [6.45, 7) is 0. The molecule has 156 valence electrons. The lowest BCUT2D eigenvalue weighted by Gasteiger charge is -2.19. The highest BCUT2D eigenvalue weighted by molar-refractivity contribution is 5.98. The fourth-order valence-electron chi connectivity index (χ4n) is 2.79. The number of alkyl halides is 3. The Morgan fingerprint density at radius 2 is 1.83 bits per heavy atom. The molecule has 0 spiro atoms. The fourth-order valence-corrected chi connectivity index (χ4v) is 2.79. The number of amides is 2. The lowest BCUT2D eigenvalue weighted by atomic mass is 10.1. The molecule has 11 heteroatoms. The Balaban J connectivity index is 1.92. The van der Waals surface area contributed by atoms with E-state index in [0.717, 1.165) is 11.6 Å². The van der Waals surface area contributed by atoms with Gasteiger partial charge in [-0.15, -0.1) is 0 Å². The number of aromatic nitrogens is 2. The van der Waals surface area contributed by atoms with E-state index in [9.17, 15) is 22.8 Å². The summed E-state index contributed by atoms with van der Waals surface area (Å²) in [6, 6.07) is 8.52. The Kier molecular flexibility index (Phi) is 5.72. The quantitative estimate of drug-likeness (QED) is 0.466. The number of nitrogens with two attached hydrogens (primary N) is 2. The summed E-state index contributed by atoms with van der Waals surface area (Å²) in [5.41, 5.74) is 11.7. The SMILES string of the molecule is NC(=O)c1ncc(N[C@H](CC(F)(F)F)C(N)=O)cc1Nc1ccc2cccnc2c1. The van der Waals surface area contributed by atoms with Crippen LogP contribution in [0.2, 0.25) is 0 Å². The molecule has 0 saturated heterocycles. The summed E-state index contributed by atoms with van der Waals surface area (Å²) in [5, 5.41) is 6.24. The number of hydrogen-bond donors (Lipinski definition) is 4. The zero-order valence-electron chi connectivity index (χ0n) is 15.4. The maximum absolute atomic E-state index is 12.7. The van der Waals surface area contributed by atoms with Gasteiger partial charge in [-0.3, -0.25) is 14.6 Å². The number of nitrogens with one attached hydrogen (secondary N) is 2. The average molecular weight is 418 g/mol. The van der Waals surface area contributed by atoms with Crippen molar-refractivity contribution in [3.8, 4) is 0 Å². The number of hydrogen-bond acceptors (Lipinski definition) is 6. The molecule has 0 radical (unpaired) electrons. The number of benzene rings is 1. The summed E-state index contributed by atoms with van der Waals surface area (Å²) >= 11 is 0. The monoisotopic (exact) mass is 418 g/mol. The normalized spacial score (nSPS) is 12.4. The molecule has 1 atom stereocenters. The number of carbonyl (C=O) groups excluding carboxylic acids is 2. The third kappa shape index (κ3) is 5.13. The van der Waals surface area contributed by atoms with E-state index >= 15 is 0 Å². The second-order valence-electron chi connectivity index (χ2n) is 6.44. The topological polar surface area (TPSA) is 136 Å². The van der Waals surface area contributed by atoms with E-state index in [4.69, 9.17) is 11.5 Å². The van der Waals surface area contributed by atoms with Crippen molar-refractivity contribution < 1.29 is 22.8 Å². The zero-order valence-corrected chi connectivity index (χ0v) is 15.4. The number of fused-ring (bicyclic) bond motifs is 1. The molecule has 2 aromatic heterocycles. The Bertz CT molecular complexity index is 1100. The first-order valence-corrected chi connectivity index (χ1v) is 8.66. The second kappa shape index (κ2) is 8.23. The highest BCUT2D eigenvalue weighted by atomic mass is 19.4. The van der Waals surface area contributed by atoms with E-state index in [1.807, 2.05) is 6.07 Å². The predicted octanol–water partition coefficient (Wildman–Crippen LogP) is 2.69. The van der Waals surface area contributed by atoms with Gasteiger partial charge in [-0.25, -0.2) is 4.98 Å². The third-order valence-electron chi connectivity index (χ3n) is 4.13. The van der Waals surface area contributed by atoms with Gasteiger partial charge in [-0.2, -0.15) is 13.2 Å². The van der Waals surface area contributed by atoms with Crippen LogP contribution in [0.15, 0.2) is 48.8 Å². The first-order chi connectivity index (χ1) is 14.1. The van der Waals surface area contributed by atoms with Gasteiger partial charge in [0.1, 0.15) is 6.04 Å². The van der Waals surface area contributed by atoms with E-state index in [1.165, 1.54) is 6.07 Å². The largest absolute Gasteiger partial charge is 0.391 e. The van der Waals surface area contributed by atoms with Gasteiger partial charge in [0.2, 0.25) is 5.91 Å². The van der Waals surface area contributed by atoms with Crippen molar-refractivity contribution in [2.24, 2.45) is 11.5 Å². The highest BCUT2D eigenvalue weighted by Crippen LogP contribution is 2.27. The van der Waals surface area contributed by atoms with E-state index in [-0.39, 0.29) is 17.1 Å². The number of carbonyl (C=O) groups is 2. The van der Waals surface area contributed by atoms with Crippen LogP contribution < -0.4 is 22.1 Å². The zero-order chi connectivity index (χ0) is 21.9. The molecule has 0 saturated carbocycles. The molecule has 6 N–H and O–H groups in total. The molecule has 0 aliphatic carbocycles. The number of anilines is 3. The van der Waals surface area contributed by atoms with Crippen molar-refractivity contribution in [1.29, 1.82) is 0 Å². The highest BCUT2D eigenvalue weighted by Gasteiger charge is 2.34. The van der Waals surface area contributed by atoms with Gasteiger partial charge in [0.25, 0.3) is 5.91 Å². The minimum Gasteiger partial charge on any atom is -0.372 e. The minimum absolute atomic E-state index is 0.0504. The van der Waals surface area contributed by atoms with E-state index in [1.54, 1.807) is 30.5 Å². The van der Waals surface area contributed by atoms with Gasteiger partial charge in [-0.05, 0) is 24.3 Å². The van der Waals surface area contributed by atoms with Crippen LogP contribution in [0, 0.1) is 0 Å². The molecule has 0 aliphatic heterocycles. The minimum atomic E-state index is -4.60. The van der Waals surface area contributed by atoms with Crippen LogP contribution in [-0.2, 0) is 4.79 Å². The van der Waals surface area contributed by atoms with Gasteiger partial charge in [0.05, 0.1) is 29.5 Å². The van der Waals surface area contributed by atoms with E-state index < -0.39 is 30.5 Å². The third-order valence-corrected chi connectivity index (χ3v) is 4.13. The molecule has 3 aromatic rings. The molecule has 30 heavy (non-hydrogen) atoms. The fraction of sp³-hybridized carbons (Fsp3) is 0.158. The summed E-state index contributed by atoms with van der Waals surface area (Å²) < 4.78 is 38.1. The molecule has 0 fully saturated rings. The average Bonchev–Trinajstić information content (AvgIpc) is 2.66. The standard InChI is InChI=1S/C19H17F3N6O2/c20-19(21,22)8-15(17(23)29)28-12-7-14(16(18(24)30)26-9-12)27-11-4-3-10-2-1-5-25-13(10)6-11/h1-7,9,15,27-28H,8H2,(H2,23,29)(H2,24,30)/t15-/m1/s1. The van der Waals surface area contributed by atoms with Crippen LogP contribution >= 0.6 is 0 Å². The Morgan fingerprint density at radius 1 is 1.07 bits per heavy atom. The van der Waals surface area contributed by atoms with Crippen LogP contribution in [0.3, 0.4) is 0 Å². The molecule has 0 bridgehead atoms. The number of primary amides is 2. The van der Waals surface area contributed by atoms with Gasteiger partial charge in [0, 0.05) is 17.3 Å². The molecule has 2 amide bonds. The van der Waals surface area contributed by atoms with E-state index in [0.29, 0.717) is 11.2 Å². The maximum Gasteiger partial charge on any atom is 0.391 e. The summed E-state index contributed by atoms with van der Waals surface area (Å²) in [5.74, 6) is -2.02. The number of nitrogens with zero attached hydrogens (tertiary/aromatic N) is 2. The first kappa shape index (κ1) is 20.8. The Labute approximate surface area is 168 Å². The molecule has 8 nitrogen and oxygen atoms in total. The smallest absolute Gasteiger partial charge is 0.372 e. The van der Waals surface area contributed by atoms with Crippen LogP contribution in [0.4, 0.5) is 30.2 Å². The van der Waals surface area contributed by atoms with Crippen LogP contribution in [0.5, 0.6) is 0 Å². The molecule has 3 rings (SSSR count). The molecular formula is C19H17F3N6O2. The summed E-state index contributed by atoms with van der Waals surface area (Å²) in [6.07, 6.45) is -3.34. The maximum atomic E-state index is 12.7. The molecule has 2 heterocycles. The molecule has 1 aromatic carbocycles. The lowest BCUT2D eigenvalue weighted by molar-refractivity contribution is -0.144. The van der Waals surface area contributed by atoms with Crippen molar-refractivity contribution in [3.05, 3.63) is 54.5 Å². The van der Waals surface area contributed by atoms with Crippen LogP contribution in [-0.4, -0.2) is 34.0 Å². The molecule has 0 aliphatic rings. The van der Waals surface area contributed by atoms with Crippen LogP contribution in [0.25, 0.3) is 10.9 Å². The predicted molar refractivity (Wildman–Crippen MR) is 105 cm³/mol. The first-order valence-electron chi connectivity index (χ1n) is 8.66. The number of pyridine rings is 2. The van der Waals surface area contributed by atoms with Crippen molar-refractivity contribution in [2.45, 2.75) is 18.6 Å². The molecular weight excluding hydrogens is 401 g/mol. The van der Waals surface area contributed by atoms with Gasteiger partial charge >= 0.3 is 6.18 Å². The lowest BCUT2D eigenvalue weighted by Crippen LogP contribution is -2.39. The number of halogens is 3. The van der Waals surface area contributed by atoms with E-state index in [2.05, 4.69) is 20.6 Å². The Hall–Kier alpha value is -3.89. The van der Waals surface area contributed by atoms with Crippen molar-refractivity contribution in [1.82, 2.24) is 9.97 Å². The summed E-state index contributed by atoms with van der Waals surface area (Å²) in [7, 11) is 0. The van der Waals surface area contributed by atoms with Crippen molar-refractivity contribution in [3.63, 3.8) is 0 Å². The van der Waals surface area contributed by atoms with Crippen molar-refractivity contribution >= 4 is 39.8 Å².